The molecule has 0 amide bonds. The van der Waals surface area contributed by atoms with Crippen LogP contribution in [0.3, 0.4) is 0 Å². The first-order valence-corrected chi connectivity index (χ1v) is 5.73. The van der Waals surface area contributed by atoms with Crippen LogP contribution < -0.4 is 0 Å². The third kappa shape index (κ3) is 1.51. The van der Waals surface area contributed by atoms with Crippen molar-refractivity contribution < 1.29 is 9.90 Å². The number of carbonyl (C=O) groups is 1. The second-order valence-corrected chi connectivity index (χ2v) is 4.69. The molecular formula is C10H9ClO2S. The first kappa shape index (κ1) is 9.87. The predicted octanol–water partition coefficient (Wildman–Crippen LogP) is 2.57. The van der Waals surface area contributed by atoms with Gasteiger partial charge in [0.15, 0.2) is 5.78 Å². The number of rotatable bonds is 0. The van der Waals surface area contributed by atoms with Gasteiger partial charge >= 0.3 is 0 Å². The van der Waals surface area contributed by atoms with Crippen molar-refractivity contribution in [3.63, 3.8) is 0 Å². The number of aliphatic hydroxyl groups is 1. The maximum atomic E-state index is 11.5. The summed E-state index contributed by atoms with van der Waals surface area (Å²) >= 11 is 7.56. The number of halogens is 1. The minimum atomic E-state index is -0.322. The minimum Gasteiger partial charge on any atom is -0.515 e. The standard InChI is InChI=1S/C10H9ClO2S/c11-8-2-1-6-9(13)3-4-14-10(6)7(8)5-12/h1-2,5,8,12H,3-4H2. The van der Waals surface area contributed by atoms with Crippen LogP contribution >= 0.6 is 23.4 Å². The second kappa shape index (κ2) is 3.83. The lowest BCUT2D eigenvalue weighted by Crippen LogP contribution is -2.17. The molecule has 2 nitrogen and oxygen atoms in total. The van der Waals surface area contributed by atoms with Gasteiger partial charge in [0.1, 0.15) is 0 Å². The van der Waals surface area contributed by atoms with Crippen molar-refractivity contribution in [3.8, 4) is 0 Å². The van der Waals surface area contributed by atoms with Gasteiger partial charge in [0.2, 0.25) is 0 Å². The highest BCUT2D eigenvalue weighted by Gasteiger charge is 2.27. The van der Waals surface area contributed by atoms with Crippen LogP contribution in [0.2, 0.25) is 0 Å². The van der Waals surface area contributed by atoms with E-state index in [0.717, 1.165) is 16.9 Å². The van der Waals surface area contributed by atoms with Crippen LogP contribution in [0.1, 0.15) is 6.42 Å². The molecule has 0 bridgehead atoms. The zero-order valence-electron chi connectivity index (χ0n) is 7.37. The normalized spacial score (nSPS) is 29.6. The fourth-order valence-corrected chi connectivity index (χ4v) is 3.01. The molecule has 2 aliphatic rings. The molecule has 1 heterocycles. The van der Waals surface area contributed by atoms with Gasteiger partial charge < -0.3 is 5.11 Å². The van der Waals surface area contributed by atoms with Crippen molar-refractivity contribution in [3.05, 3.63) is 34.5 Å². The highest BCUT2D eigenvalue weighted by atomic mass is 35.5. The number of carbonyl (C=O) groups excluding carboxylic acids is 1. The summed E-state index contributed by atoms with van der Waals surface area (Å²) in [5, 5.41) is 8.73. The zero-order valence-corrected chi connectivity index (χ0v) is 8.94. The highest BCUT2D eigenvalue weighted by molar-refractivity contribution is 8.03. The van der Waals surface area contributed by atoms with Crippen LogP contribution in [0.4, 0.5) is 0 Å². The van der Waals surface area contributed by atoms with Gasteiger partial charge in [0, 0.05) is 28.2 Å². The molecule has 2 rings (SSSR count). The maximum absolute atomic E-state index is 11.5. The van der Waals surface area contributed by atoms with Crippen molar-refractivity contribution >= 4 is 29.1 Å². The number of ketones is 1. The molecule has 0 aromatic rings. The molecule has 0 saturated heterocycles. The van der Waals surface area contributed by atoms with Crippen molar-refractivity contribution in [2.45, 2.75) is 11.8 Å². The summed E-state index contributed by atoms with van der Waals surface area (Å²) in [7, 11) is 0. The molecule has 1 unspecified atom stereocenters. The number of hydrogen-bond donors (Lipinski definition) is 1. The van der Waals surface area contributed by atoms with E-state index in [1.54, 1.807) is 23.9 Å². The topological polar surface area (TPSA) is 37.3 Å². The summed E-state index contributed by atoms with van der Waals surface area (Å²) in [6.45, 7) is 0. The Labute approximate surface area is 91.3 Å². The van der Waals surface area contributed by atoms with Crippen LogP contribution in [0.15, 0.2) is 34.5 Å². The molecule has 0 aromatic carbocycles. The van der Waals surface area contributed by atoms with E-state index in [-0.39, 0.29) is 11.2 Å². The van der Waals surface area contributed by atoms with Crippen molar-refractivity contribution in [2.75, 3.05) is 5.75 Å². The Bertz CT molecular complexity index is 368. The molecule has 1 atom stereocenters. The van der Waals surface area contributed by atoms with Gasteiger partial charge in [0.25, 0.3) is 0 Å². The Balaban J connectivity index is 2.48. The zero-order chi connectivity index (χ0) is 10.1. The lowest BCUT2D eigenvalue weighted by atomic mass is 9.97. The number of thioether (sulfide) groups is 1. The van der Waals surface area contributed by atoms with Crippen molar-refractivity contribution in [2.24, 2.45) is 0 Å². The van der Waals surface area contributed by atoms with Gasteiger partial charge in [0.05, 0.1) is 11.6 Å². The van der Waals surface area contributed by atoms with E-state index in [1.807, 2.05) is 0 Å². The monoisotopic (exact) mass is 228 g/mol. The van der Waals surface area contributed by atoms with Gasteiger partial charge in [-0.3, -0.25) is 4.79 Å². The predicted molar refractivity (Wildman–Crippen MR) is 58.6 cm³/mol. The van der Waals surface area contributed by atoms with E-state index in [9.17, 15) is 4.79 Å². The van der Waals surface area contributed by atoms with Crippen LogP contribution in [-0.4, -0.2) is 22.0 Å². The number of Topliss-reactive ketones (excluding diaryl/α,β-unsaturated/α-hetero) is 1. The summed E-state index contributed by atoms with van der Waals surface area (Å²) in [4.78, 5) is 12.4. The molecule has 0 saturated carbocycles. The smallest absolute Gasteiger partial charge is 0.164 e. The van der Waals surface area contributed by atoms with Gasteiger partial charge in [-0.15, -0.1) is 23.4 Å². The number of allylic oxidation sites excluding steroid dienone is 4. The third-order valence-electron chi connectivity index (χ3n) is 2.25. The Morgan fingerprint density at radius 1 is 1.64 bits per heavy atom. The van der Waals surface area contributed by atoms with Gasteiger partial charge in [-0.2, -0.15) is 0 Å². The van der Waals surface area contributed by atoms with Crippen molar-refractivity contribution in [1.29, 1.82) is 0 Å². The van der Waals surface area contributed by atoms with E-state index in [2.05, 4.69) is 0 Å². The van der Waals surface area contributed by atoms with Crippen LogP contribution in [0.5, 0.6) is 0 Å². The molecule has 4 heteroatoms. The summed E-state index contributed by atoms with van der Waals surface area (Å²) < 4.78 is 0. The molecular weight excluding hydrogens is 220 g/mol. The van der Waals surface area contributed by atoms with Gasteiger partial charge in [-0.05, 0) is 0 Å². The third-order valence-corrected chi connectivity index (χ3v) is 3.78. The fourth-order valence-electron chi connectivity index (χ4n) is 1.53. The highest BCUT2D eigenvalue weighted by Crippen LogP contribution is 2.39. The Morgan fingerprint density at radius 3 is 3.14 bits per heavy atom. The molecule has 0 spiro atoms. The SMILES string of the molecule is O=C1CCSC2=C1C=CC(Cl)C2=CO. The number of aliphatic hydroxyl groups excluding tert-OH is 1. The molecule has 0 radical (unpaired) electrons. The molecule has 0 aromatic heterocycles. The fraction of sp³-hybridized carbons (Fsp3) is 0.300. The molecule has 0 fully saturated rings. The largest absolute Gasteiger partial charge is 0.515 e. The minimum absolute atomic E-state index is 0.137. The first-order valence-electron chi connectivity index (χ1n) is 4.31. The Kier molecular flexibility index (Phi) is 2.70. The van der Waals surface area contributed by atoms with E-state index in [1.165, 1.54) is 0 Å². The average molecular weight is 229 g/mol. The second-order valence-electron chi connectivity index (χ2n) is 3.11. The summed E-state index contributed by atoms with van der Waals surface area (Å²) in [6.07, 6.45) is 5.06. The Hall–Kier alpha value is -0.670. The molecule has 1 aliphatic heterocycles. The summed E-state index contributed by atoms with van der Waals surface area (Å²) in [6, 6.07) is 0. The first-order chi connectivity index (χ1) is 6.74. The van der Waals surface area contributed by atoms with E-state index < -0.39 is 0 Å². The molecule has 74 valence electrons. The maximum Gasteiger partial charge on any atom is 0.164 e. The molecule has 1 N–H and O–H groups in total. The Morgan fingerprint density at radius 2 is 2.43 bits per heavy atom. The molecule has 1 aliphatic carbocycles. The van der Waals surface area contributed by atoms with Gasteiger partial charge in [-0.25, -0.2) is 0 Å². The molecule has 14 heavy (non-hydrogen) atoms. The van der Waals surface area contributed by atoms with Crippen LogP contribution in [-0.2, 0) is 4.79 Å². The summed E-state index contributed by atoms with van der Waals surface area (Å²) in [5.74, 6) is 0.907. The van der Waals surface area contributed by atoms with E-state index >= 15 is 0 Å². The lowest BCUT2D eigenvalue weighted by molar-refractivity contribution is -0.115. The quantitative estimate of drug-likeness (QED) is 0.512. The van der Waals surface area contributed by atoms with E-state index in [4.69, 9.17) is 16.7 Å². The lowest BCUT2D eigenvalue weighted by Gasteiger charge is -2.23. The summed E-state index contributed by atoms with van der Waals surface area (Å²) in [5.41, 5.74) is 1.33. The van der Waals surface area contributed by atoms with Crippen LogP contribution in [0, 0.1) is 0 Å². The van der Waals surface area contributed by atoms with Gasteiger partial charge in [-0.1, -0.05) is 12.2 Å². The van der Waals surface area contributed by atoms with E-state index in [0.29, 0.717) is 17.6 Å². The number of alkyl halides is 1. The average Bonchev–Trinajstić information content (AvgIpc) is 2.18. The van der Waals surface area contributed by atoms with Crippen LogP contribution in [0.25, 0.3) is 0 Å². The van der Waals surface area contributed by atoms with Crippen molar-refractivity contribution in [1.82, 2.24) is 0 Å². The number of hydrogen-bond acceptors (Lipinski definition) is 3.